The molecule has 0 aliphatic heterocycles. The van der Waals surface area contributed by atoms with E-state index in [0.717, 1.165) is 5.52 Å². The number of nitrogens with one attached hydrogen (secondary N) is 1. The summed E-state index contributed by atoms with van der Waals surface area (Å²) in [6.45, 7) is 2.79. The highest BCUT2D eigenvalue weighted by atomic mass is 35.5. The topological polar surface area (TPSA) is 80.0 Å². The number of hydrogen-bond donors (Lipinski definition) is 2. The largest absolute Gasteiger partial charge is 0.387 e. The Balaban J connectivity index is 1.68. The molecule has 6 nitrogen and oxygen atoms in total. The number of aliphatic hydroxyl groups excluding tert-OH is 1. The first-order chi connectivity index (χ1) is 11.6. The molecule has 124 valence electrons. The maximum Gasteiger partial charge on any atom is 0.251 e. The van der Waals surface area contributed by atoms with Gasteiger partial charge in [0, 0.05) is 23.7 Å². The van der Waals surface area contributed by atoms with E-state index < -0.39 is 6.10 Å². The Kier molecular flexibility index (Phi) is 4.78. The number of halogens is 1. The standard InChI is InChI=1S/C17H17ClN4O2/c1-2-22-15-7-6-12(9-14(15)20-21-22)17(24)19-10-16(23)11-4-3-5-13(18)8-11/h3-9,16,23H,2,10H2,1H3,(H,19,24)/t16-/m1/s1. The SMILES string of the molecule is CCn1nnc2cc(C(=O)NC[C@@H](O)c3cccc(Cl)c3)ccc21. The van der Waals surface area contributed by atoms with Gasteiger partial charge in [-0.3, -0.25) is 4.79 Å². The highest BCUT2D eigenvalue weighted by molar-refractivity contribution is 6.30. The second-order valence-electron chi connectivity index (χ2n) is 5.39. The zero-order valence-electron chi connectivity index (χ0n) is 13.1. The summed E-state index contributed by atoms with van der Waals surface area (Å²) in [5, 5.41) is 21.5. The van der Waals surface area contributed by atoms with Crippen molar-refractivity contribution in [2.75, 3.05) is 6.54 Å². The number of carbonyl (C=O) groups excluding carboxylic acids is 1. The lowest BCUT2D eigenvalue weighted by Gasteiger charge is -2.12. The Morgan fingerprint density at radius 3 is 2.92 bits per heavy atom. The van der Waals surface area contributed by atoms with Crippen molar-refractivity contribution in [2.24, 2.45) is 0 Å². The maximum absolute atomic E-state index is 12.3. The predicted molar refractivity (Wildman–Crippen MR) is 91.9 cm³/mol. The van der Waals surface area contributed by atoms with Crippen LogP contribution in [0, 0.1) is 0 Å². The molecule has 0 fully saturated rings. The Bertz CT molecular complexity index is 878. The first-order valence-electron chi connectivity index (χ1n) is 7.63. The Morgan fingerprint density at radius 2 is 2.17 bits per heavy atom. The third-order valence-electron chi connectivity index (χ3n) is 3.77. The summed E-state index contributed by atoms with van der Waals surface area (Å²) in [4.78, 5) is 12.3. The van der Waals surface area contributed by atoms with Crippen LogP contribution in [0.15, 0.2) is 42.5 Å². The summed E-state index contributed by atoms with van der Waals surface area (Å²) in [6.07, 6.45) is -0.822. The lowest BCUT2D eigenvalue weighted by molar-refractivity contribution is 0.0916. The van der Waals surface area contributed by atoms with Crippen LogP contribution in [0.25, 0.3) is 11.0 Å². The van der Waals surface area contributed by atoms with Crippen molar-refractivity contribution in [3.8, 4) is 0 Å². The zero-order valence-corrected chi connectivity index (χ0v) is 13.9. The summed E-state index contributed by atoms with van der Waals surface area (Å²) in [5.41, 5.74) is 2.68. The molecule has 2 aromatic carbocycles. The number of fused-ring (bicyclic) bond motifs is 1. The van der Waals surface area contributed by atoms with Crippen LogP contribution < -0.4 is 5.32 Å². The Hall–Kier alpha value is -2.44. The van der Waals surface area contributed by atoms with Gasteiger partial charge in [0.25, 0.3) is 5.91 Å². The average molecular weight is 345 g/mol. The van der Waals surface area contributed by atoms with E-state index in [9.17, 15) is 9.90 Å². The first-order valence-corrected chi connectivity index (χ1v) is 8.01. The van der Waals surface area contributed by atoms with Crippen LogP contribution >= 0.6 is 11.6 Å². The molecule has 1 aromatic heterocycles. The van der Waals surface area contributed by atoms with Gasteiger partial charge in [-0.2, -0.15) is 0 Å². The van der Waals surface area contributed by atoms with Crippen molar-refractivity contribution >= 4 is 28.5 Å². The van der Waals surface area contributed by atoms with Crippen LogP contribution in [-0.4, -0.2) is 32.6 Å². The summed E-state index contributed by atoms with van der Waals surface area (Å²) < 4.78 is 1.76. The van der Waals surface area contributed by atoms with Gasteiger partial charge in [0.15, 0.2) is 0 Å². The number of carbonyl (C=O) groups is 1. The molecule has 0 saturated carbocycles. The maximum atomic E-state index is 12.3. The molecule has 0 aliphatic rings. The molecule has 1 heterocycles. The summed E-state index contributed by atoms with van der Waals surface area (Å²) in [5.74, 6) is -0.274. The van der Waals surface area contributed by atoms with E-state index in [-0.39, 0.29) is 12.5 Å². The fraction of sp³-hybridized carbons (Fsp3) is 0.235. The minimum absolute atomic E-state index is 0.0961. The molecule has 0 aliphatic carbocycles. The van der Waals surface area contributed by atoms with Crippen molar-refractivity contribution < 1.29 is 9.90 Å². The molecule has 3 aromatic rings. The molecule has 0 unspecified atom stereocenters. The van der Waals surface area contributed by atoms with E-state index in [1.165, 1.54) is 0 Å². The van der Waals surface area contributed by atoms with Gasteiger partial charge in [-0.1, -0.05) is 28.9 Å². The fourth-order valence-electron chi connectivity index (χ4n) is 2.47. The van der Waals surface area contributed by atoms with E-state index in [0.29, 0.717) is 28.2 Å². The van der Waals surface area contributed by atoms with Crippen molar-refractivity contribution in [2.45, 2.75) is 19.6 Å². The highest BCUT2D eigenvalue weighted by Gasteiger charge is 2.13. The fourth-order valence-corrected chi connectivity index (χ4v) is 2.67. The molecular weight excluding hydrogens is 328 g/mol. The minimum atomic E-state index is -0.822. The molecule has 2 N–H and O–H groups in total. The molecule has 0 bridgehead atoms. The van der Waals surface area contributed by atoms with Crippen LogP contribution in [0.3, 0.4) is 0 Å². The zero-order chi connectivity index (χ0) is 17.1. The van der Waals surface area contributed by atoms with Crippen molar-refractivity contribution in [1.82, 2.24) is 20.3 Å². The van der Waals surface area contributed by atoms with Crippen LogP contribution in [-0.2, 0) is 6.54 Å². The average Bonchev–Trinajstić information content (AvgIpc) is 3.01. The van der Waals surface area contributed by atoms with Gasteiger partial charge in [-0.15, -0.1) is 5.10 Å². The highest BCUT2D eigenvalue weighted by Crippen LogP contribution is 2.17. The van der Waals surface area contributed by atoms with Crippen molar-refractivity contribution in [3.63, 3.8) is 0 Å². The quantitative estimate of drug-likeness (QED) is 0.745. The van der Waals surface area contributed by atoms with Gasteiger partial charge in [0.1, 0.15) is 5.52 Å². The van der Waals surface area contributed by atoms with Crippen molar-refractivity contribution in [3.05, 3.63) is 58.6 Å². The van der Waals surface area contributed by atoms with Gasteiger partial charge in [0.05, 0.1) is 11.6 Å². The third kappa shape index (κ3) is 3.39. The van der Waals surface area contributed by atoms with Crippen LogP contribution in [0.5, 0.6) is 0 Å². The van der Waals surface area contributed by atoms with Crippen LogP contribution in [0.1, 0.15) is 28.9 Å². The van der Waals surface area contributed by atoms with Gasteiger partial charge < -0.3 is 10.4 Å². The lowest BCUT2D eigenvalue weighted by atomic mass is 10.1. The number of amides is 1. The number of aromatic nitrogens is 3. The number of nitrogens with zero attached hydrogens (tertiary/aromatic N) is 3. The van der Waals surface area contributed by atoms with Crippen molar-refractivity contribution in [1.29, 1.82) is 0 Å². The molecule has 0 saturated heterocycles. The lowest BCUT2D eigenvalue weighted by Crippen LogP contribution is -2.28. The third-order valence-corrected chi connectivity index (χ3v) is 4.00. The second-order valence-corrected chi connectivity index (χ2v) is 5.83. The number of benzene rings is 2. The Morgan fingerprint density at radius 1 is 1.33 bits per heavy atom. The number of aliphatic hydroxyl groups is 1. The predicted octanol–water partition coefficient (Wildman–Crippen LogP) is 2.57. The summed E-state index contributed by atoms with van der Waals surface area (Å²) in [7, 11) is 0. The number of rotatable bonds is 5. The van der Waals surface area contributed by atoms with E-state index in [1.807, 2.05) is 13.0 Å². The summed E-state index contributed by atoms with van der Waals surface area (Å²) in [6, 6.07) is 12.2. The molecule has 7 heteroatoms. The molecule has 1 atom stereocenters. The minimum Gasteiger partial charge on any atom is -0.387 e. The normalized spacial score (nSPS) is 12.3. The summed E-state index contributed by atoms with van der Waals surface area (Å²) >= 11 is 5.90. The second kappa shape index (κ2) is 6.98. The van der Waals surface area contributed by atoms with E-state index in [2.05, 4.69) is 15.6 Å². The van der Waals surface area contributed by atoms with Crippen LogP contribution in [0.4, 0.5) is 0 Å². The van der Waals surface area contributed by atoms with E-state index in [1.54, 1.807) is 41.1 Å². The molecule has 0 spiro atoms. The molecule has 3 rings (SSSR count). The number of hydrogen-bond acceptors (Lipinski definition) is 4. The van der Waals surface area contributed by atoms with E-state index >= 15 is 0 Å². The van der Waals surface area contributed by atoms with Gasteiger partial charge >= 0.3 is 0 Å². The van der Waals surface area contributed by atoms with Gasteiger partial charge in [-0.05, 0) is 42.8 Å². The molecule has 1 amide bonds. The van der Waals surface area contributed by atoms with E-state index in [4.69, 9.17) is 11.6 Å². The smallest absolute Gasteiger partial charge is 0.251 e. The number of aryl methyl sites for hydroxylation is 1. The Labute approximate surface area is 144 Å². The monoisotopic (exact) mass is 344 g/mol. The van der Waals surface area contributed by atoms with Crippen LogP contribution in [0.2, 0.25) is 5.02 Å². The first kappa shape index (κ1) is 16.4. The van der Waals surface area contributed by atoms with Gasteiger partial charge in [-0.25, -0.2) is 4.68 Å². The molecule has 0 radical (unpaired) electrons. The molecular formula is C17H17ClN4O2. The van der Waals surface area contributed by atoms with Gasteiger partial charge in [0.2, 0.25) is 0 Å². The molecule has 24 heavy (non-hydrogen) atoms.